The van der Waals surface area contributed by atoms with Crippen molar-refractivity contribution in [2.24, 2.45) is 5.11 Å². The second-order valence-electron chi connectivity index (χ2n) is 4.51. The van der Waals surface area contributed by atoms with Crippen molar-refractivity contribution in [3.63, 3.8) is 0 Å². The van der Waals surface area contributed by atoms with E-state index in [0.29, 0.717) is 12.0 Å². The summed E-state index contributed by atoms with van der Waals surface area (Å²) in [5, 5.41) is 8.11. The van der Waals surface area contributed by atoms with Crippen LogP contribution < -0.4 is 0 Å². The minimum Gasteiger partial charge on any atom is -0.298 e. The molecule has 0 spiro atoms. The van der Waals surface area contributed by atoms with Crippen LogP contribution in [-0.2, 0) is 0 Å². The van der Waals surface area contributed by atoms with Crippen LogP contribution >= 0.6 is 0 Å². The number of nitrogens with zero attached hydrogens (tertiary/aromatic N) is 5. The lowest BCUT2D eigenvalue weighted by Crippen LogP contribution is -1.95. The van der Waals surface area contributed by atoms with Crippen molar-refractivity contribution in [1.29, 1.82) is 0 Å². The number of rotatable bonds is 4. The summed E-state index contributed by atoms with van der Waals surface area (Å²) in [4.78, 5) is 14.3. The highest BCUT2D eigenvalue weighted by Crippen LogP contribution is 2.31. The molecule has 106 valence electrons. The summed E-state index contributed by atoms with van der Waals surface area (Å²) in [6.45, 7) is 0. The molecule has 0 amide bonds. The standard InChI is InChI=1S/C16H11N5O/c17-20-18-16-14(11-22)15(12-7-3-1-4-8-12)19-21(16)13-9-5-2-6-10-13/h1-11H. The molecule has 2 aromatic carbocycles. The van der Waals surface area contributed by atoms with E-state index < -0.39 is 0 Å². The average molecular weight is 289 g/mol. The molecule has 1 heterocycles. The molecule has 0 saturated heterocycles. The normalized spacial score (nSPS) is 10.0. The molecule has 0 unspecified atom stereocenters. The molecule has 0 fully saturated rings. The number of hydrogen-bond acceptors (Lipinski definition) is 3. The number of carbonyl (C=O) groups is 1. The first-order valence-electron chi connectivity index (χ1n) is 6.59. The van der Waals surface area contributed by atoms with Crippen LogP contribution in [0.1, 0.15) is 10.4 Å². The van der Waals surface area contributed by atoms with Gasteiger partial charge in [0.1, 0.15) is 11.5 Å². The van der Waals surface area contributed by atoms with Crippen LogP contribution in [0.2, 0.25) is 0 Å². The Bertz CT molecular complexity index is 849. The minimum absolute atomic E-state index is 0.183. The van der Waals surface area contributed by atoms with E-state index in [9.17, 15) is 4.79 Å². The fourth-order valence-corrected chi connectivity index (χ4v) is 2.23. The summed E-state index contributed by atoms with van der Waals surface area (Å²) in [5.41, 5.74) is 11.1. The van der Waals surface area contributed by atoms with Gasteiger partial charge in [-0.3, -0.25) is 4.79 Å². The first-order valence-corrected chi connectivity index (χ1v) is 6.59. The molecule has 0 N–H and O–H groups in total. The van der Waals surface area contributed by atoms with Crippen molar-refractivity contribution >= 4 is 12.1 Å². The van der Waals surface area contributed by atoms with Gasteiger partial charge in [0.05, 0.1) is 11.3 Å². The Labute approximate surface area is 126 Å². The smallest absolute Gasteiger partial charge is 0.154 e. The molecule has 0 radical (unpaired) electrons. The van der Waals surface area contributed by atoms with Crippen LogP contribution in [0.4, 0.5) is 5.82 Å². The second-order valence-corrected chi connectivity index (χ2v) is 4.51. The predicted molar refractivity (Wildman–Crippen MR) is 83.2 cm³/mol. The van der Waals surface area contributed by atoms with Crippen molar-refractivity contribution in [3.8, 4) is 16.9 Å². The Morgan fingerprint density at radius 1 is 1.05 bits per heavy atom. The fraction of sp³-hybridized carbons (Fsp3) is 0. The Kier molecular flexibility index (Phi) is 3.68. The van der Waals surface area contributed by atoms with E-state index in [2.05, 4.69) is 15.1 Å². The third-order valence-corrected chi connectivity index (χ3v) is 3.20. The van der Waals surface area contributed by atoms with E-state index >= 15 is 0 Å². The van der Waals surface area contributed by atoms with Crippen molar-refractivity contribution in [1.82, 2.24) is 9.78 Å². The lowest BCUT2D eigenvalue weighted by atomic mass is 10.1. The summed E-state index contributed by atoms with van der Waals surface area (Å²) in [6, 6.07) is 18.5. The number of hydrogen-bond donors (Lipinski definition) is 0. The molecule has 3 aromatic rings. The summed E-state index contributed by atoms with van der Waals surface area (Å²) >= 11 is 0. The largest absolute Gasteiger partial charge is 0.298 e. The van der Waals surface area contributed by atoms with Crippen molar-refractivity contribution in [2.75, 3.05) is 0 Å². The van der Waals surface area contributed by atoms with E-state index in [-0.39, 0.29) is 11.4 Å². The minimum atomic E-state index is 0.183. The zero-order valence-electron chi connectivity index (χ0n) is 11.5. The molecule has 0 aliphatic rings. The van der Waals surface area contributed by atoms with Crippen LogP contribution in [-0.4, -0.2) is 16.1 Å². The van der Waals surface area contributed by atoms with Gasteiger partial charge in [0, 0.05) is 10.5 Å². The molecule has 0 bridgehead atoms. The molecule has 0 saturated carbocycles. The van der Waals surface area contributed by atoms with Crippen LogP contribution in [0.3, 0.4) is 0 Å². The predicted octanol–water partition coefficient (Wildman–Crippen LogP) is 4.29. The first kappa shape index (κ1) is 13.6. The van der Waals surface area contributed by atoms with Gasteiger partial charge in [0.15, 0.2) is 6.29 Å². The van der Waals surface area contributed by atoms with Crippen LogP contribution in [0.25, 0.3) is 27.4 Å². The third-order valence-electron chi connectivity index (χ3n) is 3.20. The molecule has 6 nitrogen and oxygen atoms in total. The van der Waals surface area contributed by atoms with E-state index in [0.717, 1.165) is 11.3 Å². The van der Waals surface area contributed by atoms with Gasteiger partial charge < -0.3 is 0 Å². The van der Waals surface area contributed by atoms with Gasteiger partial charge in [-0.1, -0.05) is 48.5 Å². The van der Waals surface area contributed by atoms with E-state index in [1.165, 1.54) is 4.68 Å². The summed E-state index contributed by atoms with van der Waals surface area (Å²) in [7, 11) is 0. The molecule has 0 aliphatic carbocycles. The van der Waals surface area contributed by atoms with E-state index in [4.69, 9.17) is 5.53 Å². The molecule has 3 rings (SSSR count). The Hall–Kier alpha value is -3.37. The molecular weight excluding hydrogens is 278 g/mol. The molecule has 6 heteroatoms. The maximum atomic E-state index is 11.5. The Morgan fingerprint density at radius 3 is 2.27 bits per heavy atom. The number of para-hydroxylation sites is 1. The molecule has 0 atom stereocenters. The van der Waals surface area contributed by atoms with E-state index in [1.807, 2.05) is 60.7 Å². The lowest BCUT2D eigenvalue weighted by molar-refractivity contribution is 0.112. The van der Waals surface area contributed by atoms with Crippen LogP contribution in [0.15, 0.2) is 65.8 Å². The highest BCUT2D eigenvalue weighted by Gasteiger charge is 2.18. The Balaban J connectivity index is 2.29. The number of benzene rings is 2. The van der Waals surface area contributed by atoms with Crippen molar-refractivity contribution < 1.29 is 4.79 Å². The topological polar surface area (TPSA) is 83.7 Å². The maximum absolute atomic E-state index is 11.5. The summed E-state index contributed by atoms with van der Waals surface area (Å²) < 4.78 is 1.48. The van der Waals surface area contributed by atoms with Gasteiger partial charge in [-0.15, -0.1) is 0 Å². The highest BCUT2D eigenvalue weighted by molar-refractivity contribution is 5.91. The van der Waals surface area contributed by atoms with Gasteiger partial charge in [0.25, 0.3) is 0 Å². The fourth-order valence-electron chi connectivity index (χ4n) is 2.23. The van der Waals surface area contributed by atoms with Gasteiger partial charge in [-0.2, -0.15) is 5.10 Å². The van der Waals surface area contributed by atoms with Gasteiger partial charge in [-0.05, 0) is 22.8 Å². The highest BCUT2D eigenvalue weighted by atomic mass is 16.1. The molecule has 22 heavy (non-hydrogen) atoms. The summed E-state index contributed by atoms with van der Waals surface area (Å²) in [5.74, 6) is 0.183. The van der Waals surface area contributed by atoms with Crippen molar-refractivity contribution in [3.05, 3.63) is 76.7 Å². The van der Waals surface area contributed by atoms with Crippen LogP contribution in [0.5, 0.6) is 0 Å². The van der Waals surface area contributed by atoms with Gasteiger partial charge >= 0.3 is 0 Å². The lowest BCUT2D eigenvalue weighted by Gasteiger charge is -2.02. The second kappa shape index (κ2) is 5.95. The van der Waals surface area contributed by atoms with E-state index in [1.54, 1.807) is 0 Å². The molecular formula is C16H11N5O. The number of azide groups is 1. The number of carbonyl (C=O) groups excluding carboxylic acids is 1. The quantitative estimate of drug-likeness (QED) is 0.310. The Morgan fingerprint density at radius 2 is 1.68 bits per heavy atom. The monoisotopic (exact) mass is 289 g/mol. The van der Waals surface area contributed by atoms with Crippen LogP contribution in [0, 0.1) is 0 Å². The number of aldehydes is 1. The molecule has 1 aromatic heterocycles. The zero-order valence-corrected chi connectivity index (χ0v) is 11.5. The third kappa shape index (κ3) is 2.34. The first-order chi connectivity index (χ1) is 10.8. The van der Waals surface area contributed by atoms with Gasteiger partial charge in [-0.25, -0.2) is 4.68 Å². The zero-order chi connectivity index (χ0) is 15.4. The van der Waals surface area contributed by atoms with Gasteiger partial charge in [0.2, 0.25) is 0 Å². The molecule has 0 aliphatic heterocycles. The maximum Gasteiger partial charge on any atom is 0.154 e. The van der Waals surface area contributed by atoms with Crippen molar-refractivity contribution in [2.45, 2.75) is 0 Å². The summed E-state index contributed by atoms with van der Waals surface area (Å²) in [6.07, 6.45) is 0.665. The number of aromatic nitrogens is 2. The SMILES string of the molecule is [N-]=[N+]=Nc1c(C=O)c(-c2ccccc2)nn1-c1ccccc1. The average Bonchev–Trinajstić information content (AvgIpc) is 2.95.